The normalized spacial score (nSPS) is 11.2. The smallest absolute Gasteiger partial charge is 0.173 e. The van der Waals surface area contributed by atoms with Crippen LogP contribution in [-0.4, -0.2) is 18.2 Å². The molecule has 0 amide bonds. The number of nitrogens with zero attached hydrogens (tertiary/aromatic N) is 1. The maximum Gasteiger partial charge on any atom is 0.173 e. The van der Waals surface area contributed by atoms with Gasteiger partial charge in [-0.25, -0.2) is 0 Å². The molecule has 2 aromatic carbocycles. The average molecular weight is 293 g/mol. The van der Waals surface area contributed by atoms with Gasteiger partial charge in [0.2, 0.25) is 0 Å². The lowest BCUT2D eigenvalue weighted by Gasteiger charge is -2.12. The first kappa shape index (κ1) is 14.0. The van der Waals surface area contributed by atoms with Crippen LogP contribution in [0.3, 0.4) is 0 Å². The summed E-state index contributed by atoms with van der Waals surface area (Å²) in [5, 5.41) is 12.2. The molecule has 2 aromatic rings. The fraction of sp³-hybridized carbons (Fsp3) is 0.0714. The second-order valence-electron chi connectivity index (χ2n) is 3.88. The van der Waals surface area contributed by atoms with Gasteiger partial charge in [-0.3, -0.25) is 0 Å². The van der Waals surface area contributed by atoms with Crippen LogP contribution in [0.25, 0.3) is 0 Å². The van der Waals surface area contributed by atoms with Gasteiger partial charge in [-0.1, -0.05) is 28.9 Å². The van der Waals surface area contributed by atoms with E-state index in [9.17, 15) is 0 Å². The average Bonchev–Trinajstić information content (AvgIpc) is 2.48. The molecule has 5 nitrogen and oxygen atoms in total. The molecule has 0 fully saturated rings. The molecule has 0 aliphatic rings. The van der Waals surface area contributed by atoms with E-state index in [1.54, 1.807) is 42.5 Å². The number of hydrogen-bond donors (Lipinski definition) is 2. The Hall–Kier alpha value is -2.40. The van der Waals surface area contributed by atoms with Crippen molar-refractivity contribution in [1.82, 2.24) is 0 Å². The fourth-order valence-corrected chi connectivity index (χ4v) is 1.80. The van der Waals surface area contributed by atoms with Gasteiger partial charge in [0, 0.05) is 6.07 Å². The van der Waals surface area contributed by atoms with E-state index in [-0.39, 0.29) is 5.84 Å². The summed E-state index contributed by atoms with van der Waals surface area (Å²) in [7, 11) is 1.54. The Morgan fingerprint density at radius 3 is 2.60 bits per heavy atom. The maximum atomic E-state index is 8.81. The summed E-state index contributed by atoms with van der Waals surface area (Å²) in [6, 6.07) is 12.0. The highest BCUT2D eigenvalue weighted by atomic mass is 35.5. The van der Waals surface area contributed by atoms with E-state index in [4.69, 9.17) is 32.0 Å². The first-order valence-electron chi connectivity index (χ1n) is 5.74. The molecule has 20 heavy (non-hydrogen) atoms. The van der Waals surface area contributed by atoms with Crippen molar-refractivity contribution in [3.63, 3.8) is 0 Å². The molecule has 0 aromatic heterocycles. The van der Waals surface area contributed by atoms with Crippen molar-refractivity contribution in [2.45, 2.75) is 0 Å². The number of methoxy groups -OCH3 is 1. The van der Waals surface area contributed by atoms with Crippen molar-refractivity contribution in [2.75, 3.05) is 7.11 Å². The standard InChI is InChI=1S/C14H13ClN2O3/c1-19-9-6-7-10(14(16)17-18)13(8-9)20-12-5-3-2-4-11(12)15/h2-8,18H,1H3,(H2,16,17). The van der Waals surface area contributed by atoms with Crippen molar-refractivity contribution in [3.8, 4) is 17.2 Å². The molecule has 2 rings (SSSR count). The molecule has 0 spiro atoms. The zero-order valence-corrected chi connectivity index (χ0v) is 11.5. The summed E-state index contributed by atoms with van der Waals surface area (Å²) >= 11 is 6.05. The van der Waals surface area contributed by atoms with Crippen LogP contribution in [0.5, 0.6) is 17.2 Å². The third kappa shape index (κ3) is 2.95. The molecule has 0 aliphatic carbocycles. The number of halogens is 1. The third-order valence-electron chi connectivity index (χ3n) is 2.63. The highest BCUT2D eigenvalue weighted by Gasteiger charge is 2.12. The third-order valence-corrected chi connectivity index (χ3v) is 2.94. The number of benzene rings is 2. The van der Waals surface area contributed by atoms with Crippen LogP contribution in [0.15, 0.2) is 47.6 Å². The van der Waals surface area contributed by atoms with Crippen LogP contribution in [-0.2, 0) is 0 Å². The topological polar surface area (TPSA) is 77.1 Å². The minimum atomic E-state index is -0.0605. The highest BCUT2D eigenvalue weighted by molar-refractivity contribution is 6.32. The summed E-state index contributed by atoms with van der Waals surface area (Å²) in [6.45, 7) is 0. The van der Waals surface area contributed by atoms with Gasteiger partial charge < -0.3 is 20.4 Å². The maximum absolute atomic E-state index is 8.81. The van der Waals surface area contributed by atoms with Gasteiger partial charge in [-0.2, -0.15) is 0 Å². The van der Waals surface area contributed by atoms with Gasteiger partial charge >= 0.3 is 0 Å². The molecule has 0 aliphatic heterocycles. The van der Waals surface area contributed by atoms with Crippen molar-refractivity contribution in [2.24, 2.45) is 10.9 Å². The van der Waals surface area contributed by atoms with Crippen molar-refractivity contribution < 1.29 is 14.7 Å². The van der Waals surface area contributed by atoms with E-state index in [0.717, 1.165) is 0 Å². The molecule has 0 saturated carbocycles. The van der Waals surface area contributed by atoms with Gasteiger partial charge in [0.05, 0.1) is 17.7 Å². The number of rotatable bonds is 4. The molecule has 0 atom stereocenters. The summed E-state index contributed by atoms with van der Waals surface area (Å²) in [4.78, 5) is 0. The molecule has 0 bridgehead atoms. The Morgan fingerprint density at radius 1 is 1.20 bits per heavy atom. The Kier molecular flexibility index (Phi) is 4.32. The molecular formula is C14H13ClN2O3. The van der Waals surface area contributed by atoms with Crippen LogP contribution in [0.2, 0.25) is 5.02 Å². The quantitative estimate of drug-likeness (QED) is 0.392. The van der Waals surface area contributed by atoms with Crippen molar-refractivity contribution in [1.29, 1.82) is 0 Å². The minimum absolute atomic E-state index is 0.0605. The lowest BCUT2D eigenvalue weighted by Crippen LogP contribution is -2.14. The summed E-state index contributed by atoms with van der Waals surface area (Å²) in [5.41, 5.74) is 6.06. The van der Waals surface area contributed by atoms with E-state index >= 15 is 0 Å². The molecule has 0 unspecified atom stereocenters. The Balaban J connectivity index is 2.46. The summed E-state index contributed by atoms with van der Waals surface area (Å²) < 4.78 is 10.9. The number of nitrogens with two attached hydrogens (primary N) is 1. The minimum Gasteiger partial charge on any atom is -0.497 e. The van der Waals surface area contributed by atoms with Gasteiger partial charge in [-0.05, 0) is 24.3 Å². The van der Waals surface area contributed by atoms with Crippen LogP contribution in [0.4, 0.5) is 0 Å². The first-order chi connectivity index (χ1) is 9.65. The second-order valence-corrected chi connectivity index (χ2v) is 4.29. The monoisotopic (exact) mass is 292 g/mol. The summed E-state index contributed by atoms with van der Waals surface area (Å²) in [5.74, 6) is 1.37. The highest BCUT2D eigenvalue weighted by Crippen LogP contribution is 2.33. The Morgan fingerprint density at radius 2 is 1.95 bits per heavy atom. The van der Waals surface area contributed by atoms with E-state index in [1.165, 1.54) is 7.11 Å². The van der Waals surface area contributed by atoms with E-state index in [2.05, 4.69) is 5.16 Å². The van der Waals surface area contributed by atoms with Crippen molar-refractivity contribution >= 4 is 17.4 Å². The zero-order chi connectivity index (χ0) is 14.5. The molecule has 6 heteroatoms. The van der Waals surface area contributed by atoms with Gasteiger partial charge in [0.1, 0.15) is 17.2 Å². The number of amidine groups is 1. The second kappa shape index (κ2) is 6.16. The first-order valence-corrected chi connectivity index (χ1v) is 6.12. The largest absolute Gasteiger partial charge is 0.497 e. The van der Waals surface area contributed by atoms with Crippen molar-refractivity contribution in [3.05, 3.63) is 53.1 Å². The molecule has 104 valence electrons. The van der Waals surface area contributed by atoms with Crippen LogP contribution >= 0.6 is 11.6 Å². The lowest BCUT2D eigenvalue weighted by molar-refractivity contribution is 0.318. The molecular weight excluding hydrogens is 280 g/mol. The molecule has 0 saturated heterocycles. The van der Waals surface area contributed by atoms with Gasteiger partial charge in [0.15, 0.2) is 5.84 Å². The van der Waals surface area contributed by atoms with Crippen LogP contribution in [0, 0.1) is 0 Å². The van der Waals surface area contributed by atoms with Gasteiger partial charge in [-0.15, -0.1) is 0 Å². The van der Waals surface area contributed by atoms with E-state index in [0.29, 0.717) is 27.8 Å². The molecule has 0 radical (unpaired) electrons. The predicted molar refractivity (Wildman–Crippen MR) is 77.0 cm³/mol. The zero-order valence-electron chi connectivity index (χ0n) is 10.7. The number of ether oxygens (including phenoxy) is 2. The SMILES string of the molecule is COc1ccc(/C(N)=N/O)c(Oc2ccccc2Cl)c1. The van der Waals surface area contributed by atoms with Crippen LogP contribution in [0.1, 0.15) is 5.56 Å². The molecule has 3 N–H and O–H groups in total. The predicted octanol–water partition coefficient (Wildman–Crippen LogP) is 3.24. The van der Waals surface area contributed by atoms with E-state index in [1.807, 2.05) is 0 Å². The van der Waals surface area contributed by atoms with Gasteiger partial charge in [0.25, 0.3) is 0 Å². The van der Waals surface area contributed by atoms with Crippen LogP contribution < -0.4 is 15.2 Å². The molecule has 0 heterocycles. The number of oxime groups is 1. The summed E-state index contributed by atoms with van der Waals surface area (Å²) in [6.07, 6.45) is 0. The number of para-hydroxylation sites is 1. The number of hydrogen-bond acceptors (Lipinski definition) is 4. The van der Waals surface area contributed by atoms with E-state index < -0.39 is 0 Å². The fourth-order valence-electron chi connectivity index (χ4n) is 1.63. The Bertz CT molecular complexity index is 644. The Labute approximate surface area is 121 Å². The lowest BCUT2D eigenvalue weighted by atomic mass is 10.1.